The molecule has 2 heterocycles. The normalized spacial score (nSPS) is 13.3. The molecule has 1 aliphatic heterocycles. The maximum absolute atomic E-state index is 13.1. The molecule has 28 heavy (non-hydrogen) atoms. The molecule has 4 rings (SSSR count). The summed E-state index contributed by atoms with van der Waals surface area (Å²) in [6.45, 7) is 1.38. The molecule has 0 unspecified atom stereocenters. The molecule has 0 radical (unpaired) electrons. The van der Waals surface area contributed by atoms with E-state index in [4.69, 9.17) is 14.2 Å². The number of hydrogen-bond acceptors (Lipinski definition) is 5. The minimum atomic E-state index is -0.0455. The van der Waals surface area contributed by atoms with Gasteiger partial charge in [-0.3, -0.25) is 4.79 Å². The molecule has 0 bridgehead atoms. The summed E-state index contributed by atoms with van der Waals surface area (Å²) in [6, 6.07) is 15.4. The van der Waals surface area contributed by atoms with Crippen molar-refractivity contribution in [3.05, 3.63) is 65.0 Å². The second-order valence-corrected chi connectivity index (χ2v) is 7.40. The highest BCUT2D eigenvalue weighted by molar-refractivity contribution is 7.13. The van der Waals surface area contributed by atoms with E-state index in [9.17, 15) is 4.79 Å². The van der Waals surface area contributed by atoms with Crippen molar-refractivity contribution in [1.82, 2.24) is 4.90 Å². The van der Waals surface area contributed by atoms with Crippen molar-refractivity contribution in [1.29, 1.82) is 0 Å². The molecule has 0 N–H and O–H groups in total. The van der Waals surface area contributed by atoms with Crippen LogP contribution in [0.3, 0.4) is 0 Å². The van der Waals surface area contributed by atoms with Crippen LogP contribution < -0.4 is 14.2 Å². The second kappa shape index (κ2) is 7.94. The predicted octanol–water partition coefficient (Wildman–Crippen LogP) is 4.47. The van der Waals surface area contributed by atoms with Gasteiger partial charge in [0.2, 0.25) is 0 Å². The molecule has 1 aliphatic rings. The van der Waals surface area contributed by atoms with E-state index in [-0.39, 0.29) is 5.91 Å². The molecule has 0 saturated carbocycles. The summed E-state index contributed by atoms with van der Waals surface area (Å²) in [5, 5.41) is 2.04. The Bertz CT molecular complexity index is 984. The van der Waals surface area contributed by atoms with Crippen molar-refractivity contribution in [2.45, 2.75) is 6.54 Å². The summed E-state index contributed by atoms with van der Waals surface area (Å²) in [5.74, 6) is 2.02. The summed E-state index contributed by atoms with van der Waals surface area (Å²) in [5.41, 5.74) is 2.60. The molecule has 0 fully saturated rings. The monoisotopic (exact) mass is 395 g/mol. The van der Waals surface area contributed by atoms with Crippen LogP contribution in [0.2, 0.25) is 0 Å². The van der Waals surface area contributed by atoms with Crippen LogP contribution in [0.25, 0.3) is 10.4 Å². The lowest BCUT2D eigenvalue weighted by atomic mass is 10.1. The van der Waals surface area contributed by atoms with Crippen LogP contribution in [0.1, 0.15) is 15.9 Å². The molecule has 2 aromatic carbocycles. The van der Waals surface area contributed by atoms with Gasteiger partial charge in [-0.25, -0.2) is 0 Å². The lowest BCUT2D eigenvalue weighted by molar-refractivity contribution is 0.0732. The van der Waals surface area contributed by atoms with Gasteiger partial charge in [0.1, 0.15) is 12.4 Å². The van der Waals surface area contributed by atoms with Gasteiger partial charge in [0.15, 0.2) is 11.5 Å². The molecule has 5 nitrogen and oxygen atoms in total. The van der Waals surface area contributed by atoms with Crippen LogP contribution in [-0.2, 0) is 6.54 Å². The zero-order valence-corrected chi connectivity index (χ0v) is 16.6. The van der Waals surface area contributed by atoms with Gasteiger partial charge in [-0.1, -0.05) is 12.1 Å². The van der Waals surface area contributed by atoms with E-state index in [1.807, 2.05) is 29.6 Å². The summed E-state index contributed by atoms with van der Waals surface area (Å²) >= 11 is 1.67. The smallest absolute Gasteiger partial charge is 0.254 e. The third-order valence-electron chi connectivity index (χ3n) is 4.73. The molecule has 1 amide bonds. The number of benzene rings is 2. The topological polar surface area (TPSA) is 48.0 Å². The summed E-state index contributed by atoms with van der Waals surface area (Å²) in [6.07, 6.45) is 0. The van der Waals surface area contributed by atoms with Crippen molar-refractivity contribution in [3.63, 3.8) is 0 Å². The molecule has 6 heteroatoms. The van der Waals surface area contributed by atoms with Crippen LogP contribution in [0.15, 0.2) is 53.9 Å². The minimum absolute atomic E-state index is 0.0455. The average molecular weight is 395 g/mol. The fraction of sp³-hybridized carbons (Fsp3) is 0.227. The van der Waals surface area contributed by atoms with E-state index in [1.54, 1.807) is 42.6 Å². The van der Waals surface area contributed by atoms with Crippen molar-refractivity contribution in [2.24, 2.45) is 0 Å². The lowest BCUT2D eigenvalue weighted by Crippen LogP contribution is -2.32. The van der Waals surface area contributed by atoms with Crippen molar-refractivity contribution >= 4 is 17.2 Å². The van der Waals surface area contributed by atoms with E-state index in [0.717, 1.165) is 16.0 Å². The Morgan fingerprint density at radius 3 is 2.75 bits per heavy atom. The first-order valence-electron chi connectivity index (χ1n) is 9.00. The van der Waals surface area contributed by atoms with Gasteiger partial charge in [0, 0.05) is 22.5 Å². The van der Waals surface area contributed by atoms with Crippen LogP contribution in [0.5, 0.6) is 17.2 Å². The number of ether oxygens (including phenoxy) is 3. The van der Waals surface area contributed by atoms with Crippen LogP contribution in [0, 0.1) is 0 Å². The van der Waals surface area contributed by atoms with E-state index < -0.39 is 0 Å². The first-order valence-corrected chi connectivity index (χ1v) is 9.88. The number of fused-ring (bicyclic) bond motifs is 1. The highest BCUT2D eigenvalue weighted by Crippen LogP contribution is 2.39. The van der Waals surface area contributed by atoms with Gasteiger partial charge in [0.05, 0.1) is 20.8 Å². The quantitative estimate of drug-likeness (QED) is 0.654. The number of carbonyl (C=O) groups is 1. The minimum Gasteiger partial charge on any atom is -0.497 e. The Labute approximate surface area is 168 Å². The van der Waals surface area contributed by atoms with Gasteiger partial charge in [-0.15, -0.1) is 11.3 Å². The van der Waals surface area contributed by atoms with Crippen LogP contribution in [-0.4, -0.2) is 38.2 Å². The first kappa shape index (κ1) is 18.4. The Morgan fingerprint density at radius 1 is 1.11 bits per heavy atom. The number of thiophene rings is 1. The van der Waals surface area contributed by atoms with Gasteiger partial charge in [-0.2, -0.15) is 0 Å². The molecular formula is C22H21NO4S. The number of rotatable bonds is 4. The van der Waals surface area contributed by atoms with Gasteiger partial charge in [0.25, 0.3) is 5.91 Å². The predicted molar refractivity (Wildman–Crippen MR) is 110 cm³/mol. The fourth-order valence-electron chi connectivity index (χ4n) is 3.33. The van der Waals surface area contributed by atoms with Crippen molar-refractivity contribution in [2.75, 3.05) is 27.4 Å². The van der Waals surface area contributed by atoms with E-state index in [2.05, 4.69) is 12.1 Å². The van der Waals surface area contributed by atoms with Gasteiger partial charge >= 0.3 is 0 Å². The number of carbonyl (C=O) groups excluding carboxylic acids is 1. The van der Waals surface area contributed by atoms with Crippen LogP contribution >= 0.6 is 11.3 Å². The van der Waals surface area contributed by atoms with Gasteiger partial charge in [-0.05, 0) is 47.3 Å². The number of amides is 1. The SMILES string of the molecule is COc1cccc(C(=O)N2CCOc3c(cc(-c4cccs4)cc3OC)C2)c1. The summed E-state index contributed by atoms with van der Waals surface area (Å²) < 4.78 is 16.8. The highest BCUT2D eigenvalue weighted by Gasteiger charge is 2.24. The first-order chi connectivity index (χ1) is 13.7. The van der Waals surface area contributed by atoms with Gasteiger partial charge < -0.3 is 19.1 Å². The molecular weight excluding hydrogens is 374 g/mol. The molecule has 144 valence electrons. The molecule has 0 spiro atoms. The van der Waals surface area contributed by atoms with E-state index in [0.29, 0.717) is 42.5 Å². The summed E-state index contributed by atoms with van der Waals surface area (Å²) in [7, 11) is 3.24. The van der Waals surface area contributed by atoms with Crippen LogP contribution in [0.4, 0.5) is 0 Å². The zero-order chi connectivity index (χ0) is 19.5. The number of nitrogens with zero attached hydrogens (tertiary/aromatic N) is 1. The Balaban J connectivity index is 1.69. The standard InChI is InChI=1S/C22H21NO4S/c1-25-18-6-3-5-15(12-18)22(24)23-8-9-27-21-17(14-23)11-16(13-19(21)26-2)20-7-4-10-28-20/h3-7,10-13H,8-9,14H2,1-2H3. The van der Waals surface area contributed by atoms with E-state index >= 15 is 0 Å². The summed E-state index contributed by atoms with van der Waals surface area (Å²) in [4.78, 5) is 16.0. The van der Waals surface area contributed by atoms with Crippen molar-refractivity contribution in [3.8, 4) is 27.7 Å². The molecule has 0 saturated heterocycles. The maximum Gasteiger partial charge on any atom is 0.254 e. The maximum atomic E-state index is 13.1. The Kier molecular flexibility index (Phi) is 5.21. The highest BCUT2D eigenvalue weighted by atomic mass is 32.1. The molecule has 1 aromatic heterocycles. The molecule has 0 atom stereocenters. The number of hydrogen-bond donors (Lipinski definition) is 0. The molecule has 3 aromatic rings. The Morgan fingerprint density at radius 2 is 2.00 bits per heavy atom. The largest absolute Gasteiger partial charge is 0.497 e. The van der Waals surface area contributed by atoms with Crippen molar-refractivity contribution < 1.29 is 19.0 Å². The zero-order valence-electron chi connectivity index (χ0n) is 15.8. The van der Waals surface area contributed by atoms with E-state index in [1.165, 1.54) is 0 Å². The third-order valence-corrected chi connectivity index (χ3v) is 5.65. The average Bonchev–Trinajstić information content (AvgIpc) is 3.19. The lowest BCUT2D eigenvalue weighted by Gasteiger charge is -2.20. The number of methoxy groups -OCH3 is 2. The Hall–Kier alpha value is -2.99. The molecule has 0 aliphatic carbocycles. The fourth-order valence-corrected chi connectivity index (χ4v) is 4.05. The third kappa shape index (κ3) is 3.55. The second-order valence-electron chi connectivity index (χ2n) is 6.45.